The van der Waals surface area contributed by atoms with Gasteiger partial charge in [0.15, 0.2) is 0 Å². The molecule has 0 saturated carbocycles. The van der Waals surface area contributed by atoms with Crippen LogP contribution in [0.3, 0.4) is 0 Å². The lowest BCUT2D eigenvalue weighted by Gasteiger charge is -2.38. The molecule has 0 bridgehead atoms. The third kappa shape index (κ3) is 7.06. The van der Waals surface area contributed by atoms with E-state index in [-0.39, 0.29) is 19.1 Å². The van der Waals surface area contributed by atoms with E-state index >= 15 is 0 Å². The Bertz CT molecular complexity index is 1740. The number of hydrogen-bond acceptors (Lipinski definition) is 5. The van der Waals surface area contributed by atoms with Crippen molar-refractivity contribution in [3.63, 3.8) is 0 Å². The summed E-state index contributed by atoms with van der Waals surface area (Å²) in [6.07, 6.45) is -5.19. The van der Waals surface area contributed by atoms with Crippen LogP contribution in [0, 0.1) is 0 Å². The van der Waals surface area contributed by atoms with Gasteiger partial charge in [-0.15, -0.1) is 0 Å². The van der Waals surface area contributed by atoms with E-state index in [9.17, 15) is 22.8 Å². The molecule has 6 rings (SSSR count). The fraction of sp³-hybridized carbons (Fsp3) is 0.297. The Kier molecular flexibility index (Phi) is 8.61. The van der Waals surface area contributed by atoms with Crippen molar-refractivity contribution in [2.24, 2.45) is 0 Å². The van der Waals surface area contributed by atoms with E-state index in [1.807, 2.05) is 47.4 Å². The first kappa shape index (κ1) is 32.0. The minimum Gasteiger partial charge on any atom is -0.449 e. The van der Waals surface area contributed by atoms with Crippen LogP contribution in [0.4, 0.5) is 34.1 Å². The predicted octanol–water partition coefficient (Wildman–Crippen LogP) is 8.33. The number of halogens is 3. The van der Waals surface area contributed by atoms with Gasteiger partial charge >= 0.3 is 18.4 Å². The smallest absolute Gasteiger partial charge is 0.416 e. The summed E-state index contributed by atoms with van der Waals surface area (Å²) in [4.78, 5) is 27.6. The number of benzene rings is 4. The minimum atomic E-state index is -4.46. The zero-order valence-electron chi connectivity index (χ0n) is 26.4. The summed E-state index contributed by atoms with van der Waals surface area (Å²) < 4.78 is 51.1. The SMILES string of the molecule is CC(C)(C)OC(=O)NC1Cc2c(CNC(=O)OCC3c4ccccc4-c4ccccc43)cccc2N(c2ccc(C(F)(F)F)cc2)C1. The van der Waals surface area contributed by atoms with E-state index in [1.54, 1.807) is 20.8 Å². The van der Waals surface area contributed by atoms with Crippen LogP contribution in [0.15, 0.2) is 91.0 Å². The summed E-state index contributed by atoms with van der Waals surface area (Å²) in [5.74, 6) is -0.0744. The zero-order chi connectivity index (χ0) is 33.3. The van der Waals surface area contributed by atoms with Crippen molar-refractivity contribution in [2.75, 3.05) is 18.1 Å². The average Bonchev–Trinajstić information content (AvgIpc) is 3.34. The molecule has 1 aliphatic heterocycles. The van der Waals surface area contributed by atoms with Crippen molar-refractivity contribution in [1.82, 2.24) is 10.6 Å². The maximum absolute atomic E-state index is 13.3. The monoisotopic (exact) mass is 643 g/mol. The number of fused-ring (bicyclic) bond motifs is 4. The lowest BCUT2D eigenvalue weighted by atomic mass is 9.92. The summed E-state index contributed by atoms with van der Waals surface area (Å²) in [6.45, 7) is 5.94. The van der Waals surface area contributed by atoms with Crippen LogP contribution in [0.2, 0.25) is 0 Å². The highest BCUT2D eigenvalue weighted by atomic mass is 19.4. The normalized spacial score (nSPS) is 15.7. The molecule has 7 nitrogen and oxygen atoms in total. The maximum atomic E-state index is 13.3. The maximum Gasteiger partial charge on any atom is 0.416 e. The van der Waals surface area contributed by atoms with Gasteiger partial charge in [-0.3, -0.25) is 0 Å². The third-order valence-corrected chi connectivity index (χ3v) is 8.39. The van der Waals surface area contributed by atoms with E-state index < -0.39 is 35.6 Å². The van der Waals surface area contributed by atoms with Gasteiger partial charge in [-0.2, -0.15) is 13.2 Å². The Morgan fingerprint density at radius 2 is 1.47 bits per heavy atom. The molecule has 1 atom stereocenters. The summed E-state index contributed by atoms with van der Waals surface area (Å²) in [6, 6.07) is 26.3. The summed E-state index contributed by atoms with van der Waals surface area (Å²) in [5.41, 5.74) is 6.01. The number of nitrogens with one attached hydrogen (secondary N) is 2. The number of anilines is 2. The van der Waals surface area contributed by atoms with E-state index in [0.29, 0.717) is 18.7 Å². The molecule has 2 aliphatic rings. The van der Waals surface area contributed by atoms with Gasteiger partial charge in [0.05, 0.1) is 11.6 Å². The molecule has 2 amide bonds. The fourth-order valence-corrected chi connectivity index (χ4v) is 6.37. The zero-order valence-corrected chi connectivity index (χ0v) is 26.4. The molecule has 0 radical (unpaired) electrons. The van der Waals surface area contributed by atoms with E-state index in [2.05, 4.69) is 34.9 Å². The number of alkyl carbamates (subject to hydrolysis) is 2. The van der Waals surface area contributed by atoms with Gasteiger partial charge in [-0.25, -0.2) is 9.59 Å². The molecule has 244 valence electrons. The largest absolute Gasteiger partial charge is 0.449 e. The second kappa shape index (κ2) is 12.7. The number of ether oxygens (including phenoxy) is 2. The van der Waals surface area contributed by atoms with E-state index in [0.717, 1.165) is 51.2 Å². The number of amides is 2. The number of carbonyl (C=O) groups is 2. The number of rotatable bonds is 6. The van der Waals surface area contributed by atoms with Gasteiger partial charge in [0.1, 0.15) is 12.2 Å². The molecule has 1 heterocycles. The minimum absolute atomic E-state index is 0.0744. The highest BCUT2D eigenvalue weighted by molar-refractivity contribution is 5.79. The van der Waals surface area contributed by atoms with Gasteiger partial charge in [0, 0.05) is 30.4 Å². The van der Waals surface area contributed by atoms with Gasteiger partial charge < -0.3 is 25.0 Å². The Hall–Kier alpha value is -4.99. The van der Waals surface area contributed by atoms with Crippen molar-refractivity contribution < 1.29 is 32.2 Å². The summed E-state index contributed by atoms with van der Waals surface area (Å²) in [7, 11) is 0. The quantitative estimate of drug-likeness (QED) is 0.221. The molecule has 0 spiro atoms. The van der Waals surface area contributed by atoms with Crippen LogP contribution in [-0.2, 0) is 28.6 Å². The molecule has 0 aromatic heterocycles. The van der Waals surface area contributed by atoms with Crippen molar-refractivity contribution in [1.29, 1.82) is 0 Å². The van der Waals surface area contributed by atoms with Gasteiger partial charge in [0.2, 0.25) is 0 Å². The molecule has 4 aromatic rings. The lowest BCUT2D eigenvalue weighted by Crippen LogP contribution is -2.48. The standard InChI is InChI=1S/C37H36F3N3O4/c1-36(2,3)47-35(45)42-25-19-31-23(9-8-14-33(31)43(21-25)26-17-15-24(16-18-26)37(38,39)40)20-41-34(44)46-22-32-29-12-6-4-10-27(29)28-11-5-7-13-30(28)32/h4-18,25,32H,19-22H2,1-3H3,(H,41,44)(H,42,45). The van der Waals surface area contributed by atoms with Gasteiger partial charge in [-0.1, -0.05) is 60.7 Å². The average molecular weight is 644 g/mol. The third-order valence-electron chi connectivity index (χ3n) is 8.39. The van der Waals surface area contributed by atoms with Crippen molar-refractivity contribution in [3.05, 3.63) is 119 Å². The first-order valence-electron chi connectivity index (χ1n) is 15.5. The second-order valence-electron chi connectivity index (χ2n) is 12.8. The van der Waals surface area contributed by atoms with Crippen LogP contribution in [0.1, 0.15) is 54.5 Å². The molecular formula is C37H36F3N3O4. The molecular weight excluding hydrogens is 607 g/mol. The molecule has 47 heavy (non-hydrogen) atoms. The second-order valence-corrected chi connectivity index (χ2v) is 12.8. The molecule has 4 aromatic carbocycles. The Morgan fingerprint density at radius 1 is 0.830 bits per heavy atom. The van der Waals surface area contributed by atoms with Gasteiger partial charge in [-0.05, 0) is 90.9 Å². The predicted molar refractivity (Wildman–Crippen MR) is 174 cm³/mol. The number of hydrogen-bond donors (Lipinski definition) is 2. The molecule has 1 aliphatic carbocycles. The number of carbonyl (C=O) groups excluding carboxylic acids is 2. The van der Waals surface area contributed by atoms with Crippen molar-refractivity contribution in [3.8, 4) is 11.1 Å². The van der Waals surface area contributed by atoms with E-state index in [1.165, 1.54) is 12.1 Å². The van der Waals surface area contributed by atoms with Crippen molar-refractivity contribution >= 4 is 23.6 Å². The van der Waals surface area contributed by atoms with Crippen LogP contribution in [0.25, 0.3) is 11.1 Å². The molecule has 0 fully saturated rings. The van der Waals surface area contributed by atoms with Crippen LogP contribution in [0.5, 0.6) is 0 Å². The van der Waals surface area contributed by atoms with E-state index in [4.69, 9.17) is 9.47 Å². The molecule has 1 unspecified atom stereocenters. The Labute approximate surface area is 271 Å². The van der Waals surface area contributed by atoms with Crippen molar-refractivity contribution in [2.45, 2.75) is 57.5 Å². The highest BCUT2D eigenvalue weighted by Crippen LogP contribution is 2.44. The van der Waals surface area contributed by atoms with Crippen LogP contribution < -0.4 is 15.5 Å². The van der Waals surface area contributed by atoms with Gasteiger partial charge in [0.25, 0.3) is 0 Å². The Balaban J connectivity index is 1.19. The first-order chi connectivity index (χ1) is 22.4. The highest BCUT2D eigenvalue weighted by Gasteiger charge is 2.33. The number of nitrogens with zero attached hydrogens (tertiary/aromatic N) is 1. The number of alkyl halides is 3. The summed E-state index contributed by atoms with van der Waals surface area (Å²) in [5, 5.41) is 5.79. The first-order valence-corrected chi connectivity index (χ1v) is 15.5. The topological polar surface area (TPSA) is 79.9 Å². The lowest BCUT2D eigenvalue weighted by molar-refractivity contribution is -0.137. The van der Waals surface area contributed by atoms with Crippen LogP contribution in [-0.4, -0.2) is 37.0 Å². The molecule has 0 saturated heterocycles. The molecule has 2 N–H and O–H groups in total. The van der Waals surface area contributed by atoms with Crippen LogP contribution >= 0.6 is 0 Å². The molecule has 10 heteroatoms. The Morgan fingerprint density at radius 3 is 2.09 bits per heavy atom. The fourth-order valence-electron chi connectivity index (χ4n) is 6.37. The summed E-state index contributed by atoms with van der Waals surface area (Å²) >= 11 is 0.